The monoisotopic (exact) mass is 252 g/mol. The van der Waals surface area contributed by atoms with Crippen LogP contribution in [-0.2, 0) is 17.7 Å². The van der Waals surface area contributed by atoms with Crippen LogP contribution in [0.4, 0.5) is 0 Å². The van der Waals surface area contributed by atoms with E-state index in [1.54, 1.807) is 0 Å². The summed E-state index contributed by atoms with van der Waals surface area (Å²) in [5, 5.41) is 12.1. The summed E-state index contributed by atoms with van der Waals surface area (Å²) in [5.41, 5.74) is 2.94. The first-order valence-corrected chi connectivity index (χ1v) is 6.89. The Morgan fingerprint density at radius 2 is 2.28 bits per heavy atom. The molecule has 4 nitrogen and oxygen atoms in total. The number of nitrogens with zero attached hydrogens (tertiary/aromatic N) is 1. The maximum atomic E-state index is 8.65. The lowest BCUT2D eigenvalue weighted by molar-refractivity contribution is 0.0870. The number of nitrogens with one attached hydrogen (secondary N) is 1. The topological polar surface area (TPSA) is 46.4 Å². The maximum absolute atomic E-state index is 8.65. The van der Waals surface area contributed by atoms with E-state index in [9.17, 15) is 0 Å². The third-order valence-corrected chi connectivity index (χ3v) is 3.64. The van der Waals surface area contributed by atoms with Gasteiger partial charge in [-0.1, -0.05) is 6.42 Å². The summed E-state index contributed by atoms with van der Waals surface area (Å²) in [6.07, 6.45) is 9.53. The average Bonchev–Trinajstić information content (AvgIpc) is 2.69. The first kappa shape index (κ1) is 13.6. The number of aromatic nitrogens is 1. The summed E-state index contributed by atoms with van der Waals surface area (Å²) in [4.78, 5) is 0. The number of hydrogen-bond donors (Lipinski definition) is 2. The molecule has 0 aromatic carbocycles. The highest BCUT2D eigenvalue weighted by atomic mass is 16.5. The van der Waals surface area contributed by atoms with Crippen LogP contribution in [0.15, 0.2) is 12.4 Å². The molecule has 0 fully saturated rings. The minimum Gasteiger partial charge on any atom is -0.394 e. The highest BCUT2D eigenvalue weighted by Crippen LogP contribution is 2.29. The molecule has 4 heteroatoms. The molecule has 102 valence electrons. The molecule has 0 saturated heterocycles. The fourth-order valence-electron chi connectivity index (χ4n) is 2.68. The Labute approximate surface area is 109 Å². The quantitative estimate of drug-likeness (QED) is 0.595. The molecule has 1 unspecified atom stereocenters. The Hall–Kier alpha value is -0.840. The third-order valence-electron chi connectivity index (χ3n) is 3.64. The van der Waals surface area contributed by atoms with Crippen LogP contribution >= 0.6 is 0 Å². The van der Waals surface area contributed by atoms with Crippen LogP contribution in [0.3, 0.4) is 0 Å². The zero-order valence-corrected chi connectivity index (χ0v) is 11.2. The smallest absolute Gasteiger partial charge is 0.0698 e. The van der Waals surface area contributed by atoms with Crippen LogP contribution in [-0.4, -0.2) is 36.5 Å². The summed E-state index contributed by atoms with van der Waals surface area (Å²) in [5.74, 6) is 0. The van der Waals surface area contributed by atoms with E-state index in [2.05, 4.69) is 22.3 Å². The lowest BCUT2D eigenvalue weighted by Crippen LogP contribution is -2.15. The molecule has 0 aliphatic heterocycles. The van der Waals surface area contributed by atoms with Crippen LogP contribution in [0.1, 0.15) is 36.4 Å². The van der Waals surface area contributed by atoms with Crippen molar-refractivity contribution in [3.8, 4) is 0 Å². The van der Waals surface area contributed by atoms with E-state index < -0.39 is 0 Å². The van der Waals surface area contributed by atoms with Crippen LogP contribution in [0.2, 0.25) is 0 Å². The summed E-state index contributed by atoms with van der Waals surface area (Å²) in [6.45, 7) is 2.06. The van der Waals surface area contributed by atoms with Gasteiger partial charge in [0.15, 0.2) is 0 Å². The second-order valence-corrected chi connectivity index (χ2v) is 4.90. The predicted molar refractivity (Wildman–Crippen MR) is 71.7 cm³/mol. The molecule has 18 heavy (non-hydrogen) atoms. The SMILES string of the molecule is CNC1CCCCc2cn(CCOCCO)cc21. The van der Waals surface area contributed by atoms with E-state index in [1.165, 1.54) is 36.8 Å². The number of rotatable bonds is 6. The van der Waals surface area contributed by atoms with Crippen molar-refractivity contribution >= 4 is 0 Å². The second kappa shape index (κ2) is 6.92. The molecule has 2 N–H and O–H groups in total. The lowest BCUT2D eigenvalue weighted by Gasteiger charge is -2.13. The number of fused-ring (bicyclic) bond motifs is 1. The van der Waals surface area contributed by atoms with Gasteiger partial charge in [-0.2, -0.15) is 0 Å². The fraction of sp³-hybridized carbons (Fsp3) is 0.714. The van der Waals surface area contributed by atoms with Gasteiger partial charge in [0.1, 0.15) is 0 Å². The van der Waals surface area contributed by atoms with Gasteiger partial charge in [-0.3, -0.25) is 0 Å². The summed E-state index contributed by atoms with van der Waals surface area (Å²) < 4.78 is 7.53. The number of ether oxygens (including phenoxy) is 1. The van der Waals surface area contributed by atoms with Gasteiger partial charge in [0, 0.05) is 25.0 Å². The Morgan fingerprint density at radius 1 is 1.39 bits per heavy atom. The Balaban J connectivity index is 1.98. The van der Waals surface area contributed by atoms with Crippen molar-refractivity contribution in [2.75, 3.05) is 26.9 Å². The second-order valence-electron chi connectivity index (χ2n) is 4.90. The summed E-state index contributed by atoms with van der Waals surface area (Å²) in [6, 6.07) is 0.502. The molecule has 2 rings (SSSR count). The molecule has 0 radical (unpaired) electrons. The Bertz CT molecular complexity index is 363. The molecular formula is C14H24N2O2. The zero-order valence-electron chi connectivity index (χ0n) is 11.2. The van der Waals surface area contributed by atoms with Gasteiger partial charge >= 0.3 is 0 Å². The first-order chi connectivity index (χ1) is 8.85. The van der Waals surface area contributed by atoms with Crippen LogP contribution in [0.5, 0.6) is 0 Å². The molecule has 0 spiro atoms. The average molecular weight is 252 g/mol. The van der Waals surface area contributed by atoms with E-state index in [4.69, 9.17) is 9.84 Å². The largest absolute Gasteiger partial charge is 0.394 e. The van der Waals surface area contributed by atoms with Gasteiger partial charge < -0.3 is 19.7 Å². The molecule has 0 saturated carbocycles. The van der Waals surface area contributed by atoms with Crippen molar-refractivity contribution in [3.05, 3.63) is 23.5 Å². The van der Waals surface area contributed by atoms with Crippen molar-refractivity contribution in [2.45, 2.75) is 38.3 Å². The van der Waals surface area contributed by atoms with Crippen LogP contribution in [0, 0.1) is 0 Å². The van der Waals surface area contributed by atoms with E-state index in [0.717, 1.165) is 6.54 Å². The molecule has 1 atom stereocenters. The van der Waals surface area contributed by atoms with Gasteiger partial charge in [-0.05, 0) is 37.4 Å². The lowest BCUT2D eigenvalue weighted by atomic mass is 10.1. The number of aryl methyl sites for hydroxylation is 1. The van der Waals surface area contributed by atoms with Crippen molar-refractivity contribution in [2.24, 2.45) is 0 Å². The molecule has 1 aliphatic rings. The first-order valence-electron chi connectivity index (χ1n) is 6.89. The molecular weight excluding hydrogens is 228 g/mol. The third kappa shape index (κ3) is 3.34. The van der Waals surface area contributed by atoms with Gasteiger partial charge in [-0.25, -0.2) is 0 Å². The van der Waals surface area contributed by atoms with E-state index in [1.807, 2.05) is 7.05 Å². The minimum absolute atomic E-state index is 0.101. The summed E-state index contributed by atoms with van der Waals surface area (Å²) >= 11 is 0. The predicted octanol–water partition coefficient (Wildman–Crippen LogP) is 1.48. The fourth-order valence-corrected chi connectivity index (χ4v) is 2.68. The van der Waals surface area contributed by atoms with Gasteiger partial charge in [0.2, 0.25) is 0 Å². The van der Waals surface area contributed by atoms with Crippen LogP contribution < -0.4 is 5.32 Å². The van der Waals surface area contributed by atoms with Gasteiger partial charge in [-0.15, -0.1) is 0 Å². The highest BCUT2D eigenvalue weighted by molar-refractivity contribution is 5.29. The summed E-state index contributed by atoms with van der Waals surface area (Å²) in [7, 11) is 2.04. The maximum Gasteiger partial charge on any atom is 0.0698 e. The van der Waals surface area contributed by atoms with E-state index in [-0.39, 0.29) is 6.61 Å². The Kier molecular flexibility index (Phi) is 5.23. The van der Waals surface area contributed by atoms with Gasteiger partial charge in [0.05, 0.1) is 19.8 Å². The standard InChI is InChI=1S/C14H24N2O2/c1-15-14-5-3-2-4-12-10-16(11-13(12)14)6-8-18-9-7-17/h10-11,14-15,17H,2-9H2,1H3. The molecule has 1 heterocycles. The zero-order chi connectivity index (χ0) is 12.8. The molecule has 0 amide bonds. The molecule has 1 aliphatic carbocycles. The molecule has 0 bridgehead atoms. The minimum atomic E-state index is 0.101. The van der Waals surface area contributed by atoms with Crippen molar-refractivity contribution in [1.82, 2.24) is 9.88 Å². The van der Waals surface area contributed by atoms with Gasteiger partial charge in [0.25, 0.3) is 0 Å². The van der Waals surface area contributed by atoms with Crippen LogP contribution in [0.25, 0.3) is 0 Å². The highest BCUT2D eigenvalue weighted by Gasteiger charge is 2.18. The molecule has 1 aromatic heterocycles. The number of hydrogen-bond acceptors (Lipinski definition) is 3. The molecule has 1 aromatic rings. The van der Waals surface area contributed by atoms with Crippen molar-refractivity contribution < 1.29 is 9.84 Å². The number of aliphatic hydroxyl groups is 1. The number of aliphatic hydroxyl groups excluding tert-OH is 1. The van der Waals surface area contributed by atoms with Crippen molar-refractivity contribution in [3.63, 3.8) is 0 Å². The van der Waals surface area contributed by atoms with Crippen molar-refractivity contribution in [1.29, 1.82) is 0 Å². The van der Waals surface area contributed by atoms with E-state index >= 15 is 0 Å². The Morgan fingerprint density at radius 3 is 3.06 bits per heavy atom. The normalized spacial score (nSPS) is 19.6. The van der Waals surface area contributed by atoms with E-state index in [0.29, 0.717) is 19.3 Å².